The van der Waals surface area contributed by atoms with Crippen LogP contribution in [0.4, 0.5) is 0 Å². The minimum atomic E-state index is -1.62. The predicted octanol–water partition coefficient (Wildman–Crippen LogP) is 26.0. The number of esters is 2. The summed E-state index contributed by atoms with van der Waals surface area (Å²) in [5.74, 6) is -2.24. The zero-order valence-corrected chi connectivity index (χ0v) is 64.4. The lowest BCUT2D eigenvalue weighted by Gasteiger charge is -2.26. The van der Waals surface area contributed by atoms with Gasteiger partial charge in [-0.05, 0) is 12.8 Å². The lowest BCUT2D eigenvalue weighted by Crippen LogP contribution is -2.44. The van der Waals surface area contributed by atoms with Gasteiger partial charge in [0.2, 0.25) is 0 Å². The maximum absolute atomic E-state index is 13.0. The number of carbonyl (C=O) groups excluding carboxylic acids is 3. The fraction of sp³-hybridized carbons (Fsp3) is 0.965. The molecule has 2 unspecified atom stereocenters. The highest BCUT2D eigenvalue weighted by molar-refractivity contribution is 5.70. The molecule has 0 fully saturated rings. The number of hydrogen-bond donors (Lipinski definition) is 0. The van der Waals surface area contributed by atoms with Gasteiger partial charge in [-0.15, -0.1) is 0 Å². The van der Waals surface area contributed by atoms with Crippen molar-refractivity contribution in [3.05, 3.63) is 0 Å². The van der Waals surface area contributed by atoms with E-state index in [1.54, 1.807) is 0 Å². The third-order valence-electron chi connectivity index (χ3n) is 20.1. The largest absolute Gasteiger partial charge is 0.545 e. The molecule has 0 spiro atoms. The minimum absolute atomic E-state index is 0.154. The summed E-state index contributed by atoms with van der Waals surface area (Å²) in [6.45, 7) is 4.86. The SMILES string of the molecule is CCCCCCCCCCCCCCCCCCCCCCCCCCCCCCCCCCCCCCCCCCCC(=O)OC(COC(=O)CCCCCCCCCCCCCCCCCCCCCCCCCCCCCC)COC(OCC[N+](C)(C)C)C(=O)[O-]. The Bertz CT molecular complexity index is 1500. The first-order chi connectivity index (χ1) is 46.1. The number of carboxylic acids is 1. The van der Waals surface area contributed by atoms with Crippen LogP contribution in [0.1, 0.15) is 470 Å². The van der Waals surface area contributed by atoms with Crippen LogP contribution in [-0.4, -0.2) is 82.3 Å². The molecule has 94 heavy (non-hydrogen) atoms. The van der Waals surface area contributed by atoms with Gasteiger partial charge in [-0.1, -0.05) is 444 Å². The zero-order valence-electron chi connectivity index (χ0n) is 64.4. The van der Waals surface area contributed by atoms with E-state index in [9.17, 15) is 19.5 Å². The highest BCUT2D eigenvalue weighted by Crippen LogP contribution is 2.21. The molecule has 9 heteroatoms. The Balaban J connectivity index is 3.88. The van der Waals surface area contributed by atoms with E-state index in [0.717, 1.165) is 38.5 Å². The minimum Gasteiger partial charge on any atom is -0.545 e. The topological polar surface area (TPSA) is 111 Å². The molecule has 560 valence electrons. The van der Waals surface area contributed by atoms with Gasteiger partial charge in [0.1, 0.15) is 13.2 Å². The van der Waals surface area contributed by atoms with Gasteiger partial charge in [-0.3, -0.25) is 9.59 Å². The number of carbonyl (C=O) groups is 3. The molecule has 0 aliphatic carbocycles. The maximum Gasteiger partial charge on any atom is 0.306 e. The smallest absolute Gasteiger partial charge is 0.306 e. The molecule has 0 aliphatic heterocycles. The van der Waals surface area contributed by atoms with Gasteiger partial charge in [0.25, 0.3) is 0 Å². The van der Waals surface area contributed by atoms with Crippen molar-refractivity contribution < 1.29 is 42.9 Å². The first-order valence-electron chi connectivity index (χ1n) is 42.7. The molecule has 0 rings (SSSR count). The maximum atomic E-state index is 13.0. The van der Waals surface area contributed by atoms with Crippen LogP contribution >= 0.6 is 0 Å². The van der Waals surface area contributed by atoms with Crippen molar-refractivity contribution >= 4 is 17.9 Å². The van der Waals surface area contributed by atoms with Crippen molar-refractivity contribution in [2.24, 2.45) is 0 Å². The molecule has 0 N–H and O–H groups in total. The fourth-order valence-electron chi connectivity index (χ4n) is 13.6. The number of unbranched alkanes of at least 4 members (excludes halogenated alkanes) is 67. The van der Waals surface area contributed by atoms with E-state index in [1.165, 1.54) is 405 Å². The summed E-state index contributed by atoms with van der Waals surface area (Å²) < 4.78 is 22.9. The van der Waals surface area contributed by atoms with Crippen LogP contribution in [0.5, 0.6) is 0 Å². The number of carboxylic acid groups (broad SMARTS) is 1. The molecular weight excluding hydrogens is 1160 g/mol. The van der Waals surface area contributed by atoms with Crippen LogP contribution in [0, 0.1) is 0 Å². The number of ether oxygens (including phenoxy) is 4. The fourth-order valence-corrected chi connectivity index (χ4v) is 13.6. The second-order valence-electron chi connectivity index (χ2n) is 30.9. The Kier molecular flexibility index (Phi) is 75.6. The lowest BCUT2D eigenvalue weighted by atomic mass is 10.0. The van der Waals surface area contributed by atoms with E-state index in [2.05, 4.69) is 13.8 Å². The Labute approximate surface area is 587 Å². The molecule has 0 aliphatic rings. The van der Waals surface area contributed by atoms with Gasteiger partial charge < -0.3 is 33.3 Å². The first kappa shape index (κ1) is 92.3. The van der Waals surface area contributed by atoms with Crippen molar-refractivity contribution in [2.45, 2.75) is 482 Å². The Morgan fingerprint density at radius 2 is 0.479 bits per heavy atom. The van der Waals surface area contributed by atoms with Gasteiger partial charge in [0.15, 0.2) is 12.4 Å². The van der Waals surface area contributed by atoms with E-state index in [1.807, 2.05) is 21.1 Å². The highest BCUT2D eigenvalue weighted by Gasteiger charge is 2.22. The lowest BCUT2D eigenvalue weighted by molar-refractivity contribution is -0.870. The zero-order chi connectivity index (χ0) is 68.2. The average Bonchev–Trinajstić information content (AvgIpc) is 3.42. The molecule has 0 heterocycles. The molecule has 2 atom stereocenters. The molecule has 0 aromatic heterocycles. The Morgan fingerprint density at radius 1 is 0.277 bits per heavy atom. The van der Waals surface area contributed by atoms with Gasteiger partial charge in [0.05, 0.1) is 40.3 Å². The molecular formula is C85H167NO8. The average molecular weight is 1330 g/mol. The van der Waals surface area contributed by atoms with Crippen LogP contribution in [0.15, 0.2) is 0 Å². The second-order valence-corrected chi connectivity index (χ2v) is 30.9. The van der Waals surface area contributed by atoms with E-state index in [0.29, 0.717) is 17.4 Å². The molecule has 0 aromatic carbocycles. The van der Waals surface area contributed by atoms with Crippen molar-refractivity contribution in [2.75, 3.05) is 47.5 Å². The van der Waals surface area contributed by atoms with E-state index < -0.39 is 24.3 Å². The molecule has 0 radical (unpaired) electrons. The standard InChI is InChI=1S/C85H167NO8/c1-6-8-10-12-14-16-18-20-22-24-26-28-30-32-34-36-37-38-39-40-41-42-43-44-45-46-47-48-50-52-54-56-58-60-62-64-66-68-70-72-74-76-83(88)94-81(80-93-85(84(89)90)91-78-77-86(3,4)5)79-92-82(87)75-73-71-69-67-65-63-61-59-57-55-53-51-49-35-33-31-29-27-25-23-21-19-17-15-13-11-9-7-2/h81,85H,6-80H2,1-5H3. The van der Waals surface area contributed by atoms with Crippen LogP contribution in [-0.2, 0) is 33.3 Å². The van der Waals surface area contributed by atoms with Crippen molar-refractivity contribution in [1.82, 2.24) is 0 Å². The molecule has 0 bridgehead atoms. The van der Waals surface area contributed by atoms with E-state index >= 15 is 0 Å². The van der Waals surface area contributed by atoms with Gasteiger partial charge in [0, 0.05) is 12.8 Å². The van der Waals surface area contributed by atoms with Gasteiger partial charge in [-0.2, -0.15) is 0 Å². The quantitative estimate of drug-likeness (QED) is 0.0256. The van der Waals surface area contributed by atoms with Crippen molar-refractivity contribution in [3.8, 4) is 0 Å². The molecule has 0 saturated heterocycles. The number of aliphatic carboxylic acids is 1. The number of likely N-dealkylation sites (N-methyl/N-ethyl adjacent to an activating group) is 1. The third kappa shape index (κ3) is 77.6. The van der Waals surface area contributed by atoms with E-state index in [-0.39, 0.29) is 32.2 Å². The molecule has 0 aromatic rings. The number of nitrogens with zero attached hydrogens (tertiary/aromatic N) is 1. The number of quaternary nitrogens is 1. The summed E-state index contributed by atoms with van der Waals surface area (Å²) >= 11 is 0. The first-order valence-corrected chi connectivity index (χ1v) is 42.7. The highest BCUT2D eigenvalue weighted by atomic mass is 16.7. The molecule has 0 amide bonds. The normalized spacial score (nSPS) is 12.5. The van der Waals surface area contributed by atoms with Gasteiger partial charge >= 0.3 is 11.9 Å². The van der Waals surface area contributed by atoms with Crippen LogP contribution < -0.4 is 5.11 Å². The van der Waals surface area contributed by atoms with Crippen LogP contribution in [0.3, 0.4) is 0 Å². The van der Waals surface area contributed by atoms with Crippen molar-refractivity contribution in [3.63, 3.8) is 0 Å². The van der Waals surface area contributed by atoms with Gasteiger partial charge in [-0.25, -0.2) is 0 Å². The summed E-state index contributed by atoms with van der Waals surface area (Å²) in [4.78, 5) is 37.6. The summed E-state index contributed by atoms with van der Waals surface area (Å²) in [5.41, 5.74) is 0. The van der Waals surface area contributed by atoms with Crippen molar-refractivity contribution in [1.29, 1.82) is 0 Å². The summed E-state index contributed by atoms with van der Waals surface area (Å²) in [6, 6.07) is 0. The number of hydrogen-bond acceptors (Lipinski definition) is 8. The second kappa shape index (κ2) is 77.0. The molecule has 9 nitrogen and oxygen atoms in total. The Hall–Kier alpha value is -1.71. The van der Waals surface area contributed by atoms with Crippen LogP contribution in [0.2, 0.25) is 0 Å². The Morgan fingerprint density at radius 3 is 0.681 bits per heavy atom. The van der Waals surface area contributed by atoms with E-state index in [4.69, 9.17) is 18.9 Å². The summed E-state index contributed by atoms with van der Waals surface area (Å²) in [5, 5.41) is 11.9. The molecule has 0 saturated carbocycles. The third-order valence-corrected chi connectivity index (χ3v) is 20.1. The van der Waals surface area contributed by atoms with Crippen LogP contribution in [0.25, 0.3) is 0 Å². The summed E-state index contributed by atoms with van der Waals surface area (Å²) in [7, 11) is 5.96. The monoisotopic (exact) mass is 1330 g/mol. The number of rotatable bonds is 82. The summed E-state index contributed by atoms with van der Waals surface area (Å²) in [6.07, 6.45) is 92.7. The predicted molar refractivity (Wildman–Crippen MR) is 404 cm³/mol.